The number of hydrogen-bond acceptors (Lipinski definition) is 5. The number of aliphatic hydroxyl groups is 2. The number of aliphatic hydroxyl groups excluding tert-OH is 2. The molecule has 0 saturated carbocycles. The molecule has 2 unspecified atom stereocenters. The molecule has 0 aliphatic carbocycles. The summed E-state index contributed by atoms with van der Waals surface area (Å²) in [6.45, 7) is 4.91. The zero-order chi connectivity index (χ0) is 59.9. The van der Waals surface area contributed by atoms with Gasteiger partial charge in [-0.2, -0.15) is 0 Å². The van der Waals surface area contributed by atoms with E-state index in [1.165, 1.54) is 327 Å². The third kappa shape index (κ3) is 68.8. The number of esters is 1. The molecule has 0 spiro atoms. The highest BCUT2D eigenvalue weighted by molar-refractivity contribution is 5.76. The second-order valence-corrected chi connectivity index (χ2v) is 25.6. The summed E-state index contributed by atoms with van der Waals surface area (Å²) in [7, 11) is 0. The molecule has 1 amide bonds. The van der Waals surface area contributed by atoms with Gasteiger partial charge in [-0.15, -0.1) is 0 Å². The van der Waals surface area contributed by atoms with Crippen molar-refractivity contribution in [3.63, 3.8) is 0 Å². The molecule has 0 saturated heterocycles. The largest absolute Gasteiger partial charge is 0.466 e. The van der Waals surface area contributed by atoms with E-state index >= 15 is 0 Å². The summed E-state index contributed by atoms with van der Waals surface area (Å²) in [4.78, 5) is 24.6. The van der Waals surface area contributed by atoms with Crippen LogP contribution in [0, 0.1) is 0 Å². The molecule has 0 aromatic rings. The third-order valence-electron chi connectivity index (χ3n) is 17.3. The van der Waals surface area contributed by atoms with Crippen LogP contribution >= 0.6 is 0 Å². The molecule has 0 bridgehead atoms. The van der Waals surface area contributed by atoms with Gasteiger partial charge >= 0.3 is 5.97 Å². The number of carbonyl (C=O) groups is 2. The van der Waals surface area contributed by atoms with Crippen LogP contribution < -0.4 is 5.32 Å². The van der Waals surface area contributed by atoms with Crippen molar-refractivity contribution in [2.24, 2.45) is 0 Å². The van der Waals surface area contributed by atoms with Crippen LogP contribution in [0.5, 0.6) is 0 Å². The molecule has 0 radical (unpaired) electrons. The Morgan fingerprint density at radius 3 is 0.952 bits per heavy atom. The van der Waals surface area contributed by atoms with Gasteiger partial charge in [-0.25, -0.2) is 0 Å². The number of amides is 1. The Bertz CT molecular complexity index is 1390. The molecule has 0 aliphatic rings. The Morgan fingerprint density at radius 1 is 0.337 bits per heavy atom. The Hall–Kier alpha value is -2.18. The van der Waals surface area contributed by atoms with Crippen molar-refractivity contribution in [1.82, 2.24) is 5.32 Å². The predicted octanol–water partition coefficient (Wildman–Crippen LogP) is 24.4. The molecule has 3 N–H and O–H groups in total. The first-order valence-corrected chi connectivity index (χ1v) is 37.4. The first-order chi connectivity index (χ1) is 41.0. The van der Waals surface area contributed by atoms with E-state index in [4.69, 9.17) is 4.74 Å². The summed E-state index contributed by atoms with van der Waals surface area (Å²) in [6, 6.07) is -0.627. The lowest BCUT2D eigenvalue weighted by Crippen LogP contribution is -2.45. The van der Waals surface area contributed by atoms with E-state index in [2.05, 4.69) is 55.6 Å². The van der Waals surface area contributed by atoms with Crippen molar-refractivity contribution in [2.75, 3.05) is 13.2 Å². The highest BCUT2D eigenvalue weighted by atomic mass is 16.5. The fraction of sp³-hybridized carbons (Fsp3) is 0.870. The van der Waals surface area contributed by atoms with Crippen molar-refractivity contribution in [3.8, 4) is 0 Å². The van der Waals surface area contributed by atoms with Gasteiger partial charge < -0.3 is 20.3 Å². The summed E-state index contributed by atoms with van der Waals surface area (Å²) in [5.41, 5.74) is 0. The van der Waals surface area contributed by atoms with E-state index < -0.39 is 12.1 Å². The van der Waals surface area contributed by atoms with Crippen molar-refractivity contribution < 1.29 is 24.5 Å². The van der Waals surface area contributed by atoms with E-state index in [0.717, 1.165) is 51.4 Å². The predicted molar refractivity (Wildman–Crippen MR) is 366 cm³/mol. The molecule has 0 heterocycles. The molecule has 6 heteroatoms. The standard InChI is InChI=1S/C77H145NO5/c1-3-5-7-9-11-13-15-17-19-20-35-38-42-45-49-53-57-61-65-69-75(80)74(73-79)78-76(81)70-66-62-58-54-50-46-43-39-36-33-31-29-27-25-23-21-22-24-26-28-30-32-34-37-40-44-48-52-56-60-64-68-72-83-77(82)71-67-63-59-55-51-47-41-18-16-14-12-10-8-6-4-2/h12,14,18,24,26,41,65,69,74-75,79-80H,3-11,13,15-17,19-23,25,27-40,42-64,66-68,70-73H2,1-2H3,(H,78,81)/b14-12-,26-24-,41-18-,69-65+. The summed E-state index contributed by atoms with van der Waals surface area (Å²) >= 11 is 0. The molecule has 0 aromatic heterocycles. The fourth-order valence-electron chi connectivity index (χ4n) is 11.6. The van der Waals surface area contributed by atoms with Crippen molar-refractivity contribution >= 4 is 11.9 Å². The SMILES string of the molecule is CCCCC/C=C\C/C=C\CCCCCCCC(=O)OCCCCCCCCCCCCCC/C=C\CCCCCCCCCCCCCCCCCCC(=O)NC(CO)C(O)/C=C/CCCCCCCCCCCCCCCCCCC. The average molecular weight is 1170 g/mol. The number of hydrogen-bond donors (Lipinski definition) is 3. The summed E-state index contributed by atoms with van der Waals surface area (Å²) in [5, 5.41) is 23.2. The fourth-order valence-corrected chi connectivity index (χ4v) is 11.6. The number of nitrogens with one attached hydrogen (secondary N) is 1. The molecule has 6 nitrogen and oxygen atoms in total. The van der Waals surface area contributed by atoms with Crippen LogP contribution in [0.15, 0.2) is 48.6 Å². The topological polar surface area (TPSA) is 95.9 Å². The minimum absolute atomic E-state index is 0.00411. The maximum atomic E-state index is 12.5. The molecule has 488 valence electrons. The summed E-state index contributed by atoms with van der Waals surface area (Å²) in [6.07, 6.45) is 95.0. The van der Waals surface area contributed by atoms with Crippen LogP contribution in [0.1, 0.15) is 406 Å². The Morgan fingerprint density at radius 2 is 0.602 bits per heavy atom. The van der Waals surface area contributed by atoms with Crippen LogP contribution in [0.2, 0.25) is 0 Å². The van der Waals surface area contributed by atoms with Crippen LogP contribution in [-0.2, 0) is 14.3 Å². The van der Waals surface area contributed by atoms with Crippen LogP contribution in [0.25, 0.3) is 0 Å². The average Bonchev–Trinajstić information content (AvgIpc) is 3.49. The molecular formula is C77H145NO5. The number of rotatable bonds is 70. The molecular weight excluding hydrogens is 1020 g/mol. The molecule has 83 heavy (non-hydrogen) atoms. The summed E-state index contributed by atoms with van der Waals surface area (Å²) < 4.78 is 5.49. The van der Waals surface area contributed by atoms with Gasteiger partial charge in [0.2, 0.25) is 5.91 Å². The number of allylic oxidation sites excluding steroid dienone is 7. The molecule has 0 aliphatic heterocycles. The molecule has 2 atom stereocenters. The van der Waals surface area contributed by atoms with Crippen molar-refractivity contribution in [2.45, 2.75) is 418 Å². The number of carbonyl (C=O) groups excluding carboxylic acids is 2. The lowest BCUT2D eigenvalue weighted by atomic mass is 10.0. The highest BCUT2D eigenvalue weighted by Gasteiger charge is 2.18. The second-order valence-electron chi connectivity index (χ2n) is 25.6. The van der Waals surface area contributed by atoms with Gasteiger partial charge in [-0.3, -0.25) is 9.59 Å². The highest BCUT2D eigenvalue weighted by Crippen LogP contribution is 2.19. The second kappa shape index (κ2) is 72.3. The molecule has 0 fully saturated rings. The third-order valence-corrected chi connectivity index (χ3v) is 17.3. The van der Waals surface area contributed by atoms with Gasteiger partial charge in [0, 0.05) is 12.8 Å². The number of ether oxygens (including phenoxy) is 1. The van der Waals surface area contributed by atoms with Crippen LogP contribution in [0.4, 0.5) is 0 Å². The Balaban J connectivity index is 3.38. The van der Waals surface area contributed by atoms with E-state index in [1.807, 2.05) is 6.08 Å². The number of unbranched alkanes of at least 4 members (excludes halogenated alkanes) is 53. The van der Waals surface area contributed by atoms with Gasteiger partial charge in [0.25, 0.3) is 0 Å². The maximum absolute atomic E-state index is 12.5. The lowest BCUT2D eigenvalue weighted by Gasteiger charge is -2.20. The van der Waals surface area contributed by atoms with Gasteiger partial charge in [0.15, 0.2) is 0 Å². The minimum atomic E-state index is -0.844. The zero-order valence-corrected chi connectivity index (χ0v) is 55.9. The van der Waals surface area contributed by atoms with Gasteiger partial charge in [-0.05, 0) is 89.9 Å². The Kier molecular flexibility index (Phi) is 70.4. The minimum Gasteiger partial charge on any atom is -0.466 e. The normalized spacial score (nSPS) is 12.8. The van der Waals surface area contributed by atoms with Gasteiger partial charge in [0.05, 0.1) is 25.4 Å². The van der Waals surface area contributed by atoms with Gasteiger partial charge in [-0.1, -0.05) is 351 Å². The molecule has 0 rings (SSSR count). The Labute approximate surface area is 518 Å². The van der Waals surface area contributed by atoms with Crippen molar-refractivity contribution in [1.29, 1.82) is 0 Å². The smallest absolute Gasteiger partial charge is 0.305 e. The van der Waals surface area contributed by atoms with Gasteiger partial charge in [0.1, 0.15) is 0 Å². The quantitative estimate of drug-likeness (QED) is 0.0320. The maximum Gasteiger partial charge on any atom is 0.305 e. The first-order valence-electron chi connectivity index (χ1n) is 37.4. The van der Waals surface area contributed by atoms with E-state index in [0.29, 0.717) is 19.4 Å². The van der Waals surface area contributed by atoms with Crippen LogP contribution in [-0.4, -0.2) is 47.4 Å². The van der Waals surface area contributed by atoms with E-state index in [1.54, 1.807) is 6.08 Å². The van der Waals surface area contributed by atoms with Crippen LogP contribution in [0.3, 0.4) is 0 Å². The monoisotopic (exact) mass is 1160 g/mol. The lowest BCUT2D eigenvalue weighted by molar-refractivity contribution is -0.143. The first kappa shape index (κ1) is 80.8. The molecule has 0 aromatic carbocycles. The zero-order valence-electron chi connectivity index (χ0n) is 55.9. The van der Waals surface area contributed by atoms with E-state index in [9.17, 15) is 19.8 Å². The van der Waals surface area contributed by atoms with E-state index in [-0.39, 0.29) is 18.5 Å². The summed E-state index contributed by atoms with van der Waals surface area (Å²) in [5.74, 6) is -0.0580. The van der Waals surface area contributed by atoms with Crippen molar-refractivity contribution in [3.05, 3.63) is 48.6 Å².